The van der Waals surface area contributed by atoms with Crippen molar-refractivity contribution in [3.63, 3.8) is 0 Å². The van der Waals surface area contributed by atoms with Gasteiger partial charge in [-0.25, -0.2) is 21.6 Å². The molecule has 0 amide bonds. The average molecular weight is 435 g/mol. The Hall–Kier alpha value is -2.82. The predicted octanol–water partition coefficient (Wildman–Crippen LogP) is 5.51. The van der Waals surface area contributed by atoms with Crippen molar-refractivity contribution in [1.82, 2.24) is 5.16 Å². The lowest BCUT2D eigenvalue weighted by Crippen LogP contribution is -2.04. The van der Waals surface area contributed by atoms with Crippen LogP contribution in [0.1, 0.15) is 17.7 Å². The van der Waals surface area contributed by atoms with Gasteiger partial charge in [-0.3, -0.25) is 0 Å². The van der Waals surface area contributed by atoms with Crippen LogP contribution in [0.15, 0.2) is 51.9 Å². The Balaban J connectivity index is 2.23. The first-order chi connectivity index (χ1) is 13.4. The van der Waals surface area contributed by atoms with E-state index >= 15 is 0 Å². The molecule has 3 aromatic rings. The second-order valence-corrected chi connectivity index (χ2v) is 8.05. The first kappa shape index (κ1) is 20.9. The topological polar surface area (TPSA) is 60.2 Å². The lowest BCUT2D eigenvalue weighted by molar-refractivity contribution is -0.137. The Labute approximate surface area is 160 Å². The molecule has 0 aliphatic rings. The van der Waals surface area contributed by atoms with Crippen molar-refractivity contribution in [3.05, 3.63) is 59.6 Å². The second kappa shape index (κ2) is 7.21. The van der Waals surface area contributed by atoms with E-state index in [1.165, 1.54) is 6.07 Å². The van der Waals surface area contributed by atoms with Gasteiger partial charge in [-0.05, 0) is 29.8 Å². The van der Waals surface area contributed by atoms with E-state index in [4.69, 9.17) is 0 Å². The minimum absolute atomic E-state index is 0.182. The van der Waals surface area contributed by atoms with Gasteiger partial charge in [-0.1, -0.05) is 23.4 Å². The highest BCUT2D eigenvalue weighted by atomic mass is 32.2. The standard InChI is InChI=1S/C18H11F6NO3S/c1-29(26,27)13-6-5-9(8-12(13)19)14-15(25-28-16(14)17(20)21)10-3-2-4-11(7-10)18(22,23)24/h2-8,17H,1H3. The van der Waals surface area contributed by atoms with E-state index in [2.05, 4.69) is 9.68 Å². The summed E-state index contributed by atoms with van der Waals surface area (Å²) in [5.74, 6) is -2.19. The molecule has 0 saturated carbocycles. The molecule has 0 N–H and O–H groups in total. The van der Waals surface area contributed by atoms with Crippen LogP contribution in [-0.2, 0) is 16.0 Å². The van der Waals surface area contributed by atoms with E-state index < -0.39 is 50.0 Å². The quantitative estimate of drug-likeness (QED) is 0.508. The van der Waals surface area contributed by atoms with Crippen LogP contribution >= 0.6 is 0 Å². The molecular formula is C18H11F6NO3S. The van der Waals surface area contributed by atoms with Gasteiger partial charge in [0.05, 0.1) is 11.1 Å². The summed E-state index contributed by atoms with van der Waals surface area (Å²) in [6.07, 6.45) is -7.12. The Morgan fingerprint density at radius 2 is 1.72 bits per heavy atom. The van der Waals surface area contributed by atoms with Crippen LogP contribution in [0.5, 0.6) is 0 Å². The van der Waals surface area contributed by atoms with Gasteiger partial charge in [-0.2, -0.15) is 13.2 Å². The minimum atomic E-state index is -4.69. The molecule has 4 nitrogen and oxygen atoms in total. The Morgan fingerprint density at radius 3 is 2.28 bits per heavy atom. The van der Waals surface area contributed by atoms with E-state index in [0.29, 0.717) is 12.1 Å². The van der Waals surface area contributed by atoms with E-state index in [-0.39, 0.29) is 16.8 Å². The summed E-state index contributed by atoms with van der Waals surface area (Å²) >= 11 is 0. The molecule has 0 unspecified atom stereocenters. The number of aromatic nitrogens is 1. The van der Waals surface area contributed by atoms with E-state index in [1.807, 2.05) is 0 Å². The second-order valence-electron chi connectivity index (χ2n) is 6.07. The number of hydrogen-bond acceptors (Lipinski definition) is 4. The molecular weight excluding hydrogens is 424 g/mol. The zero-order chi connectivity index (χ0) is 21.6. The molecule has 2 aromatic carbocycles. The summed E-state index contributed by atoms with van der Waals surface area (Å²) in [6, 6.07) is 6.35. The summed E-state index contributed by atoms with van der Waals surface area (Å²) < 4.78 is 108. The van der Waals surface area contributed by atoms with Gasteiger partial charge in [0, 0.05) is 11.8 Å². The van der Waals surface area contributed by atoms with Gasteiger partial charge < -0.3 is 4.52 Å². The number of rotatable bonds is 4. The van der Waals surface area contributed by atoms with Crippen molar-refractivity contribution in [3.8, 4) is 22.4 Å². The first-order valence-corrected chi connectivity index (χ1v) is 9.74. The molecule has 0 radical (unpaired) electrons. The number of hydrogen-bond donors (Lipinski definition) is 0. The Bertz CT molecular complexity index is 1170. The third-order valence-corrected chi connectivity index (χ3v) is 5.13. The van der Waals surface area contributed by atoms with E-state index in [0.717, 1.165) is 30.5 Å². The highest BCUT2D eigenvalue weighted by Gasteiger charge is 2.32. The van der Waals surface area contributed by atoms with Gasteiger partial charge in [0.15, 0.2) is 9.84 Å². The monoisotopic (exact) mass is 435 g/mol. The number of alkyl halides is 5. The summed E-state index contributed by atoms with van der Waals surface area (Å²) in [6.45, 7) is 0. The van der Waals surface area contributed by atoms with Crippen molar-refractivity contribution >= 4 is 9.84 Å². The van der Waals surface area contributed by atoms with Gasteiger partial charge >= 0.3 is 6.18 Å². The van der Waals surface area contributed by atoms with Crippen molar-refractivity contribution in [1.29, 1.82) is 0 Å². The van der Waals surface area contributed by atoms with Crippen LogP contribution in [0, 0.1) is 5.82 Å². The summed E-state index contributed by atoms with van der Waals surface area (Å²) in [5.41, 5.74) is -2.24. The average Bonchev–Trinajstić information content (AvgIpc) is 3.05. The number of sulfone groups is 1. The fourth-order valence-corrected chi connectivity index (χ4v) is 3.46. The molecule has 1 heterocycles. The van der Waals surface area contributed by atoms with Crippen molar-refractivity contribution in [2.24, 2.45) is 0 Å². The van der Waals surface area contributed by atoms with E-state index in [9.17, 15) is 34.8 Å². The molecule has 0 aliphatic heterocycles. The highest BCUT2D eigenvalue weighted by molar-refractivity contribution is 7.90. The SMILES string of the molecule is CS(=O)(=O)c1ccc(-c2c(-c3cccc(C(F)(F)F)c3)noc2C(F)F)cc1F. The van der Waals surface area contributed by atoms with Crippen molar-refractivity contribution < 1.29 is 39.3 Å². The zero-order valence-corrected chi connectivity index (χ0v) is 15.3. The lowest BCUT2D eigenvalue weighted by Gasteiger charge is -2.09. The molecule has 0 bridgehead atoms. The van der Waals surface area contributed by atoms with Gasteiger partial charge in [0.1, 0.15) is 16.4 Å². The van der Waals surface area contributed by atoms with Crippen LogP contribution < -0.4 is 0 Å². The number of benzene rings is 2. The van der Waals surface area contributed by atoms with Crippen molar-refractivity contribution in [2.45, 2.75) is 17.5 Å². The van der Waals surface area contributed by atoms with Crippen LogP contribution in [0.3, 0.4) is 0 Å². The molecule has 0 spiro atoms. The fraction of sp³-hybridized carbons (Fsp3) is 0.167. The Kier molecular flexibility index (Phi) is 5.20. The summed E-state index contributed by atoms with van der Waals surface area (Å²) in [7, 11) is -3.92. The van der Waals surface area contributed by atoms with Crippen LogP contribution in [0.4, 0.5) is 26.3 Å². The maximum absolute atomic E-state index is 14.3. The van der Waals surface area contributed by atoms with Crippen LogP contribution in [0.2, 0.25) is 0 Å². The molecule has 29 heavy (non-hydrogen) atoms. The predicted molar refractivity (Wildman–Crippen MR) is 90.4 cm³/mol. The molecule has 154 valence electrons. The highest BCUT2D eigenvalue weighted by Crippen LogP contribution is 2.41. The zero-order valence-electron chi connectivity index (χ0n) is 14.5. The smallest absolute Gasteiger partial charge is 0.354 e. The molecule has 0 atom stereocenters. The molecule has 0 saturated heterocycles. The molecule has 11 heteroatoms. The van der Waals surface area contributed by atoms with Gasteiger partial charge in [0.2, 0.25) is 5.76 Å². The molecule has 0 fully saturated rings. The minimum Gasteiger partial charge on any atom is -0.354 e. The van der Waals surface area contributed by atoms with Crippen LogP contribution in [0.25, 0.3) is 22.4 Å². The number of halogens is 6. The summed E-state index contributed by atoms with van der Waals surface area (Å²) in [5, 5.41) is 3.44. The van der Waals surface area contributed by atoms with E-state index in [1.54, 1.807) is 0 Å². The summed E-state index contributed by atoms with van der Waals surface area (Å²) in [4.78, 5) is -0.656. The van der Waals surface area contributed by atoms with Gasteiger partial charge in [-0.15, -0.1) is 0 Å². The number of nitrogens with zero attached hydrogens (tertiary/aromatic N) is 1. The molecule has 1 aromatic heterocycles. The maximum atomic E-state index is 14.3. The maximum Gasteiger partial charge on any atom is 0.416 e. The third-order valence-electron chi connectivity index (χ3n) is 4.00. The van der Waals surface area contributed by atoms with Crippen molar-refractivity contribution in [2.75, 3.05) is 6.26 Å². The fourth-order valence-electron chi connectivity index (χ4n) is 2.73. The van der Waals surface area contributed by atoms with Crippen LogP contribution in [-0.4, -0.2) is 19.8 Å². The van der Waals surface area contributed by atoms with Gasteiger partial charge in [0.25, 0.3) is 6.43 Å². The molecule has 3 rings (SSSR count). The Morgan fingerprint density at radius 1 is 1.03 bits per heavy atom. The third kappa shape index (κ3) is 4.14. The first-order valence-electron chi connectivity index (χ1n) is 7.85. The molecule has 0 aliphatic carbocycles. The largest absolute Gasteiger partial charge is 0.416 e. The normalized spacial score (nSPS) is 12.6. The lowest BCUT2D eigenvalue weighted by atomic mass is 9.98.